The molecule has 1 heterocycles. The van der Waals surface area contributed by atoms with Crippen LogP contribution in [-0.2, 0) is 6.54 Å². The van der Waals surface area contributed by atoms with Crippen LogP contribution in [-0.4, -0.2) is 15.7 Å². The molecular weight excluding hydrogens is 348 g/mol. The van der Waals surface area contributed by atoms with Gasteiger partial charge in [0.2, 0.25) is 0 Å². The Morgan fingerprint density at radius 2 is 1.54 bits per heavy atom. The molecule has 0 saturated heterocycles. The van der Waals surface area contributed by atoms with Crippen molar-refractivity contribution in [1.82, 2.24) is 10.0 Å². The molecule has 0 aliphatic rings. The number of nitrogens with one attached hydrogen (secondary N) is 1. The largest absolute Gasteiger partial charge is 0.336 e. The van der Waals surface area contributed by atoms with Gasteiger partial charge in [-0.1, -0.05) is 74.5 Å². The van der Waals surface area contributed by atoms with E-state index in [-0.39, 0.29) is 0 Å². The van der Waals surface area contributed by atoms with Gasteiger partial charge < -0.3 is 4.57 Å². The first-order valence-corrected chi connectivity index (χ1v) is 9.43. The molecule has 0 aliphatic heterocycles. The number of hydrogen-bond donors (Lipinski definition) is 2. The minimum absolute atomic E-state index is 0.428. The molecule has 0 fully saturated rings. The van der Waals surface area contributed by atoms with Gasteiger partial charge in [0, 0.05) is 28.7 Å². The van der Waals surface area contributed by atoms with Crippen LogP contribution < -0.4 is 5.48 Å². The summed E-state index contributed by atoms with van der Waals surface area (Å²) in [6.07, 6.45) is 0. The van der Waals surface area contributed by atoms with Gasteiger partial charge in [0.25, 0.3) is 5.91 Å². The molecular formula is C24H24N2O2. The van der Waals surface area contributed by atoms with Crippen molar-refractivity contribution in [3.05, 3.63) is 96.1 Å². The maximum absolute atomic E-state index is 11.5. The van der Waals surface area contributed by atoms with Crippen LogP contribution in [0.15, 0.2) is 84.9 Å². The van der Waals surface area contributed by atoms with Gasteiger partial charge in [0.1, 0.15) is 0 Å². The normalized spacial score (nSPS) is 10.2. The summed E-state index contributed by atoms with van der Waals surface area (Å²) in [6, 6.07) is 28.1. The lowest BCUT2D eigenvalue weighted by molar-refractivity contribution is 0.0706. The number of carbonyl (C=O) groups is 1. The summed E-state index contributed by atoms with van der Waals surface area (Å²) in [5.74, 6) is -0.507. The van der Waals surface area contributed by atoms with Crippen molar-refractivity contribution in [2.45, 2.75) is 20.4 Å². The van der Waals surface area contributed by atoms with Crippen LogP contribution in [0.3, 0.4) is 0 Å². The van der Waals surface area contributed by atoms with E-state index in [4.69, 9.17) is 5.21 Å². The summed E-state index contributed by atoms with van der Waals surface area (Å²) in [4.78, 5) is 11.5. The fraction of sp³-hybridized carbons (Fsp3) is 0.125. The highest BCUT2D eigenvalue weighted by molar-refractivity contribution is 5.93. The van der Waals surface area contributed by atoms with Crippen LogP contribution in [0.4, 0.5) is 0 Å². The number of nitrogens with zero attached hydrogens (tertiary/aromatic N) is 1. The molecule has 4 nitrogen and oxygen atoms in total. The summed E-state index contributed by atoms with van der Waals surface area (Å²) in [5.41, 5.74) is 6.66. The zero-order chi connectivity index (χ0) is 19.9. The molecule has 28 heavy (non-hydrogen) atoms. The van der Waals surface area contributed by atoms with E-state index in [0.717, 1.165) is 11.3 Å². The van der Waals surface area contributed by atoms with E-state index in [9.17, 15) is 4.79 Å². The Balaban J connectivity index is 0.00000109. The maximum atomic E-state index is 11.5. The molecule has 4 rings (SSSR count). The predicted octanol–water partition coefficient (Wildman–Crippen LogP) is 5.50. The number of benzene rings is 3. The summed E-state index contributed by atoms with van der Waals surface area (Å²) in [5, 5.41) is 9.94. The van der Waals surface area contributed by atoms with E-state index >= 15 is 0 Å². The van der Waals surface area contributed by atoms with E-state index in [1.165, 1.54) is 16.5 Å². The van der Waals surface area contributed by atoms with Gasteiger partial charge in [0.15, 0.2) is 0 Å². The van der Waals surface area contributed by atoms with Crippen LogP contribution in [0.1, 0.15) is 29.8 Å². The molecule has 0 aliphatic carbocycles. The average Bonchev–Trinajstić information content (AvgIpc) is 3.14. The van der Waals surface area contributed by atoms with Crippen LogP contribution in [0.5, 0.6) is 0 Å². The minimum Gasteiger partial charge on any atom is -0.336 e. The van der Waals surface area contributed by atoms with Crippen LogP contribution in [0, 0.1) is 0 Å². The Morgan fingerprint density at radius 1 is 0.893 bits per heavy atom. The van der Waals surface area contributed by atoms with Gasteiger partial charge >= 0.3 is 0 Å². The fourth-order valence-electron chi connectivity index (χ4n) is 3.24. The zero-order valence-electron chi connectivity index (χ0n) is 16.1. The molecule has 0 radical (unpaired) electrons. The van der Waals surface area contributed by atoms with Crippen molar-refractivity contribution in [3.63, 3.8) is 0 Å². The SMILES string of the molecule is CC.O=C(NO)c1ccc(Cn2c(-c3ccccc3)cc3ccccc32)cc1. The molecule has 0 spiro atoms. The quantitative estimate of drug-likeness (QED) is 0.367. The highest BCUT2D eigenvalue weighted by atomic mass is 16.5. The predicted molar refractivity (Wildman–Crippen MR) is 114 cm³/mol. The molecule has 1 aromatic heterocycles. The van der Waals surface area contributed by atoms with E-state index in [1.54, 1.807) is 17.6 Å². The first-order valence-electron chi connectivity index (χ1n) is 9.43. The number of aromatic nitrogens is 1. The lowest BCUT2D eigenvalue weighted by Gasteiger charge is -2.12. The summed E-state index contributed by atoms with van der Waals surface area (Å²) in [6.45, 7) is 4.69. The van der Waals surface area contributed by atoms with E-state index < -0.39 is 5.91 Å². The Kier molecular flexibility index (Phi) is 6.25. The summed E-state index contributed by atoms with van der Waals surface area (Å²) in [7, 11) is 0. The molecule has 3 aromatic carbocycles. The van der Waals surface area contributed by atoms with Crippen molar-refractivity contribution >= 4 is 16.8 Å². The van der Waals surface area contributed by atoms with E-state index in [1.807, 2.05) is 56.3 Å². The van der Waals surface area contributed by atoms with Gasteiger partial charge in [-0.25, -0.2) is 5.48 Å². The Labute approximate surface area is 165 Å². The minimum atomic E-state index is -0.507. The Bertz CT molecular complexity index is 1050. The van der Waals surface area contributed by atoms with Crippen molar-refractivity contribution in [2.75, 3.05) is 0 Å². The second-order valence-corrected chi connectivity index (χ2v) is 6.18. The van der Waals surface area contributed by atoms with Gasteiger partial charge in [-0.05, 0) is 35.4 Å². The van der Waals surface area contributed by atoms with Crippen molar-refractivity contribution < 1.29 is 10.0 Å². The standard InChI is InChI=1S/C22H18N2O2.C2H6/c25-22(23-26)18-12-10-16(11-13-18)15-24-20-9-5-4-8-19(20)14-21(24)17-6-2-1-3-7-17;1-2/h1-14,26H,15H2,(H,23,25);1-2H3. The number of fused-ring (bicyclic) bond motifs is 1. The van der Waals surface area contributed by atoms with E-state index in [2.05, 4.69) is 34.9 Å². The highest BCUT2D eigenvalue weighted by Gasteiger charge is 2.11. The molecule has 4 heteroatoms. The molecule has 0 bridgehead atoms. The topological polar surface area (TPSA) is 54.3 Å². The van der Waals surface area contributed by atoms with E-state index in [0.29, 0.717) is 12.1 Å². The number of hydrogen-bond acceptors (Lipinski definition) is 2. The van der Waals surface area contributed by atoms with Crippen LogP contribution in [0.25, 0.3) is 22.2 Å². The van der Waals surface area contributed by atoms with Gasteiger partial charge in [-0.3, -0.25) is 10.0 Å². The lowest BCUT2D eigenvalue weighted by atomic mass is 10.1. The molecule has 1 amide bonds. The molecule has 0 saturated carbocycles. The smallest absolute Gasteiger partial charge is 0.274 e. The fourth-order valence-corrected chi connectivity index (χ4v) is 3.24. The molecule has 4 aromatic rings. The summed E-state index contributed by atoms with van der Waals surface area (Å²) < 4.78 is 2.28. The van der Waals surface area contributed by atoms with Crippen LogP contribution in [0.2, 0.25) is 0 Å². The first kappa shape index (κ1) is 19.4. The molecule has 142 valence electrons. The second-order valence-electron chi connectivity index (χ2n) is 6.18. The Morgan fingerprint density at radius 3 is 2.21 bits per heavy atom. The second kappa shape index (κ2) is 9.02. The Hall–Kier alpha value is -3.37. The number of rotatable bonds is 4. The van der Waals surface area contributed by atoms with Gasteiger partial charge in [-0.2, -0.15) is 0 Å². The maximum Gasteiger partial charge on any atom is 0.274 e. The first-order chi connectivity index (χ1) is 13.8. The molecule has 2 N–H and O–H groups in total. The number of carbonyl (C=O) groups excluding carboxylic acids is 1. The summed E-state index contributed by atoms with van der Waals surface area (Å²) >= 11 is 0. The van der Waals surface area contributed by atoms with Gasteiger partial charge in [0.05, 0.1) is 0 Å². The monoisotopic (exact) mass is 372 g/mol. The van der Waals surface area contributed by atoms with Crippen molar-refractivity contribution in [2.24, 2.45) is 0 Å². The lowest BCUT2D eigenvalue weighted by Crippen LogP contribution is -2.18. The molecule has 0 unspecified atom stereocenters. The zero-order valence-corrected chi connectivity index (χ0v) is 16.1. The number of para-hydroxylation sites is 1. The highest BCUT2D eigenvalue weighted by Crippen LogP contribution is 2.29. The third-order valence-electron chi connectivity index (χ3n) is 4.54. The number of amides is 1. The van der Waals surface area contributed by atoms with Gasteiger partial charge in [-0.15, -0.1) is 0 Å². The number of hydroxylamine groups is 1. The van der Waals surface area contributed by atoms with Crippen molar-refractivity contribution in [3.8, 4) is 11.3 Å². The third kappa shape index (κ3) is 3.97. The van der Waals surface area contributed by atoms with Crippen LogP contribution >= 0.6 is 0 Å². The van der Waals surface area contributed by atoms with Crippen molar-refractivity contribution in [1.29, 1.82) is 0 Å². The molecule has 0 atom stereocenters. The third-order valence-corrected chi connectivity index (χ3v) is 4.54. The average molecular weight is 372 g/mol.